The Morgan fingerprint density at radius 3 is 2.77 bits per heavy atom. The van der Waals surface area contributed by atoms with Crippen LogP contribution < -0.4 is 0 Å². The van der Waals surface area contributed by atoms with Crippen LogP contribution in [0.4, 0.5) is 4.39 Å². The number of halogens is 1. The van der Waals surface area contributed by atoms with Gasteiger partial charge in [0.15, 0.2) is 0 Å². The van der Waals surface area contributed by atoms with Gasteiger partial charge in [0.25, 0.3) is 5.91 Å². The number of ether oxygens (including phenoxy) is 1. The van der Waals surface area contributed by atoms with Gasteiger partial charge in [-0.2, -0.15) is 0 Å². The lowest BCUT2D eigenvalue weighted by atomic mass is 10.1. The van der Waals surface area contributed by atoms with Gasteiger partial charge in [-0.25, -0.2) is 4.39 Å². The third kappa shape index (κ3) is 4.45. The molecule has 0 spiro atoms. The molecule has 1 aromatic carbocycles. The summed E-state index contributed by atoms with van der Waals surface area (Å²) in [5.74, 6) is -0.410. The van der Waals surface area contributed by atoms with Crippen molar-refractivity contribution >= 4 is 5.91 Å². The molecule has 1 atom stereocenters. The predicted octanol–water partition coefficient (Wildman–Crippen LogP) is 2.68. The van der Waals surface area contributed by atoms with E-state index in [2.05, 4.69) is 16.8 Å². The van der Waals surface area contributed by atoms with Crippen molar-refractivity contribution in [2.24, 2.45) is 0 Å². The quantitative estimate of drug-likeness (QED) is 0.825. The Hall–Kier alpha value is -2.31. The highest BCUT2D eigenvalue weighted by Crippen LogP contribution is 2.19. The molecule has 2 aromatic rings. The Balaban J connectivity index is 1.68. The summed E-state index contributed by atoms with van der Waals surface area (Å²) in [7, 11) is 1.82. The van der Waals surface area contributed by atoms with E-state index in [0.717, 1.165) is 31.9 Å². The van der Waals surface area contributed by atoms with Crippen molar-refractivity contribution in [2.75, 3.05) is 39.9 Å². The highest BCUT2D eigenvalue weighted by Gasteiger charge is 2.21. The van der Waals surface area contributed by atoms with Crippen LogP contribution in [0.2, 0.25) is 0 Å². The summed E-state index contributed by atoms with van der Waals surface area (Å²) >= 11 is 0. The molecule has 0 radical (unpaired) electrons. The third-order valence-electron chi connectivity index (χ3n) is 4.69. The summed E-state index contributed by atoms with van der Waals surface area (Å²) in [6.45, 7) is 6.07. The maximum absolute atomic E-state index is 13.1. The minimum atomic E-state index is -0.377. The molecule has 26 heavy (non-hydrogen) atoms. The van der Waals surface area contributed by atoms with Crippen molar-refractivity contribution in [3.63, 3.8) is 0 Å². The lowest BCUT2D eigenvalue weighted by Crippen LogP contribution is -2.47. The van der Waals surface area contributed by atoms with Crippen molar-refractivity contribution in [2.45, 2.75) is 13.0 Å². The van der Waals surface area contributed by atoms with E-state index in [-0.39, 0.29) is 17.8 Å². The molecule has 5 nitrogen and oxygen atoms in total. The second-order valence-corrected chi connectivity index (χ2v) is 6.63. The van der Waals surface area contributed by atoms with E-state index in [1.807, 2.05) is 19.2 Å². The van der Waals surface area contributed by atoms with Gasteiger partial charge in [0.05, 0.1) is 25.1 Å². The molecule has 1 fully saturated rings. The third-order valence-corrected chi connectivity index (χ3v) is 4.69. The number of benzene rings is 1. The lowest BCUT2D eigenvalue weighted by molar-refractivity contribution is 0.0142. The van der Waals surface area contributed by atoms with Crippen LogP contribution in [0, 0.1) is 5.82 Å². The summed E-state index contributed by atoms with van der Waals surface area (Å²) in [5, 5.41) is 0. The number of pyridine rings is 1. The first kappa shape index (κ1) is 18.5. The molecule has 0 saturated carbocycles. The Bertz CT molecular complexity index is 745. The van der Waals surface area contributed by atoms with Crippen LogP contribution in [0.25, 0.3) is 11.3 Å². The van der Waals surface area contributed by atoms with E-state index in [4.69, 9.17) is 4.74 Å². The summed E-state index contributed by atoms with van der Waals surface area (Å²) in [5.41, 5.74) is 2.04. The average molecular weight is 357 g/mol. The number of carbonyl (C=O) groups is 1. The van der Waals surface area contributed by atoms with Crippen LogP contribution in [-0.2, 0) is 4.74 Å². The number of hydrogen-bond acceptors (Lipinski definition) is 4. The monoisotopic (exact) mass is 357 g/mol. The van der Waals surface area contributed by atoms with Crippen molar-refractivity contribution in [3.05, 3.63) is 54.0 Å². The molecule has 3 rings (SSSR count). The summed E-state index contributed by atoms with van der Waals surface area (Å²) < 4.78 is 18.4. The first-order chi connectivity index (χ1) is 12.5. The maximum Gasteiger partial charge on any atom is 0.253 e. The molecule has 1 aliphatic heterocycles. The maximum atomic E-state index is 13.1. The number of amides is 1. The number of carbonyl (C=O) groups excluding carboxylic acids is 1. The molecule has 1 aromatic heterocycles. The van der Waals surface area contributed by atoms with Crippen LogP contribution in [0.5, 0.6) is 0 Å². The first-order valence-corrected chi connectivity index (χ1v) is 8.84. The molecular weight excluding hydrogens is 333 g/mol. The van der Waals surface area contributed by atoms with Crippen LogP contribution in [0.3, 0.4) is 0 Å². The summed E-state index contributed by atoms with van der Waals surface area (Å²) in [6.07, 6.45) is 1.18. The zero-order valence-electron chi connectivity index (χ0n) is 15.2. The Labute approximate surface area is 153 Å². The highest BCUT2D eigenvalue weighted by molar-refractivity contribution is 5.95. The largest absolute Gasteiger partial charge is 0.379 e. The average Bonchev–Trinajstić information content (AvgIpc) is 2.68. The second-order valence-electron chi connectivity index (χ2n) is 6.63. The van der Waals surface area contributed by atoms with E-state index < -0.39 is 0 Å². The van der Waals surface area contributed by atoms with Gasteiger partial charge < -0.3 is 9.64 Å². The number of hydrogen-bond donors (Lipinski definition) is 0. The van der Waals surface area contributed by atoms with Gasteiger partial charge in [0.2, 0.25) is 0 Å². The summed E-state index contributed by atoms with van der Waals surface area (Å²) in [4.78, 5) is 21.0. The highest BCUT2D eigenvalue weighted by atomic mass is 19.1. The number of likely N-dealkylation sites (N-methyl/N-ethyl adjacent to an activating group) is 1. The van der Waals surface area contributed by atoms with Crippen molar-refractivity contribution in [3.8, 4) is 11.3 Å². The molecule has 0 bridgehead atoms. The van der Waals surface area contributed by atoms with Gasteiger partial charge in [0, 0.05) is 43.9 Å². The molecule has 6 heteroatoms. The van der Waals surface area contributed by atoms with Crippen molar-refractivity contribution < 1.29 is 13.9 Å². The summed E-state index contributed by atoms with van der Waals surface area (Å²) in [6, 6.07) is 10.6. The fraction of sp³-hybridized carbons (Fsp3) is 0.400. The first-order valence-electron chi connectivity index (χ1n) is 8.84. The molecule has 2 heterocycles. The van der Waals surface area contributed by atoms with E-state index in [1.54, 1.807) is 23.1 Å². The second kappa shape index (κ2) is 8.38. The molecule has 0 aliphatic carbocycles. The van der Waals surface area contributed by atoms with Crippen molar-refractivity contribution in [1.82, 2.24) is 14.8 Å². The normalized spacial score (nSPS) is 16.3. The topological polar surface area (TPSA) is 45.7 Å². The molecule has 0 N–H and O–H groups in total. The van der Waals surface area contributed by atoms with Gasteiger partial charge in [-0.15, -0.1) is 0 Å². The number of aromatic nitrogens is 1. The minimum Gasteiger partial charge on any atom is -0.379 e. The zero-order valence-corrected chi connectivity index (χ0v) is 15.2. The van der Waals surface area contributed by atoms with Gasteiger partial charge >= 0.3 is 0 Å². The molecule has 138 valence electrons. The Kier molecular flexibility index (Phi) is 5.96. The SMILES string of the molecule is C[C@@H](CN(C)C(=O)c1cccc(-c2ccc(F)cn2)c1)N1CCOCC1. The van der Waals surface area contributed by atoms with Gasteiger partial charge in [-0.05, 0) is 31.2 Å². The van der Waals surface area contributed by atoms with Crippen LogP contribution in [0.15, 0.2) is 42.6 Å². The van der Waals surface area contributed by atoms with E-state index in [0.29, 0.717) is 17.8 Å². The van der Waals surface area contributed by atoms with E-state index >= 15 is 0 Å². The van der Waals surface area contributed by atoms with Gasteiger partial charge in [0.1, 0.15) is 5.82 Å². The van der Waals surface area contributed by atoms with E-state index in [1.165, 1.54) is 12.3 Å². The zero-order chi connectivity index (χ0) is 18.5. The van der Waals surface area contributed by atoms with Crippen molar-refractivity contribution in [1.29, 1.82) is 0 Å². The van der Waals surface area contributed by atoms with E-state index in [9.17, 15) is 9.18 Å². The van der Waals surface area contributed by atoms with Crippen LogP contribution >= 0.6 is 0 Å². The fourth-order valence-corrected chi connectivity index (χ4v) is 3.19. The Morgan fingerprint density at radius 2 is 2.08 bits per heavy atom. The molecule has 1 saturated heterocycles. The number of nitrogens with zero attached hydrogens (tertiary/aromatic N) is 3. The molecule has 0 unspecified atom stereocenters. The smallest absolute Gasteiger partial charge is 0.253 e. The fourth-order valence-electron chi connectivity index (χ4n) is 3.19. The lowest BCUT2D eigenvalue weighted by Gasteiger charge is -2.34. The predicted molar refractivity (Wildman–Crippen MR) is 98.4 cm³/mol. The Morgan fingerprint density at radius 1 is 1.31 bits per heavy atom. The minimum absolute atomic E-state index is 0.0333. The van der Waals surface area contributed by atoms with Crippen LogP contribution in [0.1, 0.15) is 17.3 Å². The molecular formula is C20H24FN3O2. The molecule has 1 amide bonds. The molecule has 1 aliphatic rings. The number of rotatable bonds is 5. The van der Waals surface area contributed by atoms with Gasteiger partial charge in [-0.3, -0.25) is 14.7 Å². The standard InChI is InChI=1S/C20H24FN3O2/c1-15(24-8-10-26-11-9-24)14-23(2)20(25)17-5-3-4-16(12-17)19-7-6-18(21)13-22-19/h3-7,12-13,15H,8-11,14H2,1-2H3/t15-/m0/s1. The van der Waals surface area contributed by atoms with Crippen LogP contribution in [-0.4, -0.2) is 66.6 Å². The van der Waals surface area contributed by atoms with Gasteiger partial charge in [-0.1, -0.05) is 12.1 Å². The number of morpholine rings is 1.